The van der Waals surface area contributed by atoms with E-state index in [1.54, 1.807) is 24.4 Å². The Morgan fingerprint density at radius 1 is 1.35 bits per heavy atom. The lowest BCUT2D eigenvalue weighted by molar-refractivity contribution is -0.151. The Kier molecular flexibility index (Phi) is 5.84. The monoisotopic (exact) mass is 381 g/mol. The Morgan fingerprint density at radius 2 is 2.04 bits per heavy atom. The predicted octanol–water partition coefficient (Wildman–Crippen LogP) is 4.00. The third-order valence-corrected chi connectivity index (χ3v) is 5.81. The summed E-state index contributed by atoms with van der Waals surface area (Å²) in [6.45, 7) is 5.80. The Bertz CT molecular complexity index is 548. The van der Waals surface area contributed by atoms with Crippen LogP contribution < -0.4 is 5.32 Å². The van der Waals surface area contributed by atoms with E-state index in [2.05, 4.69) is 34.7 Å². The fourth-order valence-electron chi connectivity index (χ4n) is 3.62. The van der Waals surface area contributed by atoms with Gasteiger partial charge in [-0.3, -0.25) is 9.59 Å². The van der Waals surface area contributed by atoms with Gasteiger partial charge in [-0.05, 0) is 49.2 Å². The van der Waals surface area contributed by atoms with Gasteiger partial charge < -0.3 is 10.4 Å². The summed E-state index contributed by atoms with van der Waals surface area (Å²) in [6, 6.07) is 0. The molecule has 23 heavy (non-hydrogen) atoms. The number of carboxylic acid groups (broad SMARTS) is 1. The third kappa shape index (κ3) is 4.34. The van der Waals surface area contributed by atoms with Gasteiger partial charge >= 0.3 is 5.97 Å². The molecule has 0 aromatic heterocycles. The SMILES string of the molecule is C=C/C(Br)=C\C=C\NC(=O)C1C(C(=O)O)CCCC1C1(C)CC1. The molecule has 0 heterocycles. The van der Waals surface area contributed by atoms with Gasteiger partial charge in [-0.2, -0.15) is 0 Å². The molecule has 2 saturated carbocycles. The van der Waals surface area contributed by atoms with E-state index in [4.69, 9.17) is 0 Å². The second-order valence-corrected chi connectivity index (χ2v) is 7.70. The Hall–Kier alpha value is -1.36. The van der Waals surface area contributed by atoms with Crippen molar-refractivity contribution in [1.29, 1.82) is 0 Å². The summed E-state index contributed by atoms with van der Waals surface area (Å²) in [4.78, 5) is 24.2. The van der Waals surface area contributed by atoms with Crippen molar-refractivity contribution in [1.82, 2.24) is 5.32 Å². The molecule has 0 aromatic rings. The molecular weight excluding hydrogens is 358 g/mol. The van der Waals surface area contributed by atoms with Gasteiger partial charge in [-0.25, -0.2) is 0 Å². The highest BCUT2D eigenvalue weighted by Crippen LogP contribution is 2.58. The molecule has 0 radical (unpaired) electrons. The van der Waals surface area contributed by atoms with Crippen molar-refractivity contribution in [2.45, 2.75) is 39.0 Å². The Morgan fingerprint density at radius 3 is 2.61 bits per heavy atom. The molecule has 0 aromatic carbocycles. The first kappa shape index (κ1) is 18.0. The van der Waals surface area contributed by atoms with Gasteiger partial charge in [0, 0.05) is 10.7 Å². The lowest BCUT2D eigenvalue weighted by Gasteiger charge is -2.38. The minimum Gasteiger partial charge on any atom is -0.481 e. The molecule has 0 saturated heterocycles. The molecule has 0 aliphatic heterocycles. The van der Waals surface area contributed by atoms with Gasteiger partial charge in [0.05, 0.1) is 11.8 Å². The first-order valence-corrected chi connectivity index (χ1v) is 8.86. The van der Waals surface area contributed by atoms with Crippen LogP contribution in [0, 0.1) is 23.2 Å². The number of carboxylic acids is 1. The molecular formula is C18H24BrNO3. The van der Waals surface area contributed by atoms with E-state index >= 15 is 0 Å². The summed E-state index contributed by atoms with van der Waals surface area (Å²) in [5, 5.41) is 12.3. The van der Waals surface area contributed by atoms with Crippen LogP contribution in [-0.4, -0.2) is 17.0 Å². The van der Waals surface area contributed by atoms with Crippen LogP contribution >= 0.6 is 15.9 Å². The summed E-state index contributed by atoms with van der Waals surface area (Å²) in [5.74, 6) is -1.87. The van der Waals surface area contributed by atoms with Crippen LogP contribution in [0.1, 0.15) is 39.0 Å². The molecule has 3 unspecified atom stereocenters. The Labute approximate surface area is 145 Å². The number of nitrogens with one attached hydrogen (secondary N) is 1. The van der Waals surface area contributed by atoms with E-state index < -0.39 is 17.8 Å². The summed E-state index contributed by atoms with van der Waals surface area (Å²) >= 11 is 3.29. The maximum atomic E-state index is 12.6. The average molecular weight is 382 g/mol. The van der Waals surface area contributed by atoms with Gasteiger partial charge in [0.2, 0.25) is 5.91 Å². The minimum absolute atomic E-state index is 0.144. The van der Waals surface area contributed by atoms with Crippen LogP contribution in [0.25, 0.3) is 0 Å². The molecule has 0 spiro atoms. The minimum atomic E-state index is -0.850. The maximum absolute atomic E-state index is 12.6. The second-order valence-electron chi connectivity index (χ2n) is 6.79. The number of halogens is 1. The highest BCUT2D eigenvalue weighted by atomic mass is 79.9. The standard InChI is InChI=1S/C18H24BrNO3/c1-3-12(19)6-5-11-20-16(21)15-13(17(22)23)7-4-8-14(15)18(2)9-10-18/h3,5-6,11,13-15H,1,4,7-10H2,2H3,(H,20,21)(H,22,23)/b11-5+,12-6+. The van der Waals surface area contributed by atoms with E-state index in [0.29, 0.717) is 6.42 Å². The molecule has 126 valence electrons. The number of allylic oxidation sites excluding steroid dienone is 4. The highest BCUT2D eigenvalue weighted by Gasteiger charge is 2.54. The van der Waals surface area contributed by atoms with Crippen molar-refractivity contribution in [3.63, 3.8) is 0 Å². The van der Waals surface area contributed by atoms with Crippen LogP contribution in [0.5, 0.6) is 0 Å². The summed E-state index contributed by atoms with van der Waals surface area (Å²) in [6.07, 6.45) is 11.3. The molecule has 2 rings (SSSR count). The maximum Gasteiger partial charge on any atom is 0.307 e. The molecule has 2 aliphatic carbocycles. The van der Waals surface area contributed by atoms with Crippen molar-refractivity contribution in [3.8, 4) is 0 Å². The number of rotatable bonds is 6. The van der Waals surface area contributed by atoms with E-state index in [1.807, 2.05) is 0 Å². The fraction of sp³-hybridized carbons (Fsp3) is 0.556. The molecule has 2 N–H and O–H groups in total. The van der Waals surface area contributed by atoms with Crippen molar-refractivity contribution in [2.24, 2.45) is 23.2 Å². The first-order valence-electron chi connectivity index (χ1n) is 8.07. The Balaban J connectivity index is 2.11. The summed E-state index contributed by atoms with van der Waals surface area (Å²) in [5.41, 5.74) is 0.144. The van der Waals surface area contributed by atoms with Gasteiger partial charge in [-0.15, -0.1) is 0 Å². The molecule has 4 nitrogen and oxygen atoms in total. The second kappa shape index (κ2) is 7.47. The van der Waals surface area contributed by atoms with Crippen LogP contribution in [0.4, 0.5) is 0 Å². The average Bonchev–Trinajstić information content (AvgIpc) is 3.29. The molecule has 2 aliphatic rings. The zero-order chi connectivity index (χ0) is 17.0. The van der Waals surface area contributed by atoms with Crippen molar-refractivity contribution >= 4 is 27.8 Å². The topological polar surface area (TPSA) is 66.4 Å². The lowest BCUT2D eigenvalue weighted by Crippen LogP contribution is -2.45. The van der Waals surface area contributed by atoms with Crippen LogP contribution in [-0.2, 0) is 9.59 Å². The molecule has 1 amide bonds. The number of hydrogen-bond acceptors (Lipinski definition) is 2. The van der Waals surface area contributed by atoms with Crippen LogP contribution in [0.2, 0.25) is 0 Å². The zero-order valence-corrected chi connectivity index (χ0v) is 15.0. The van der Waals surface area contributed by atoms with Crippen molar-refractivity contribution < 1.29 is 14.7 Å². The van der Waals surface area contributed by atoms with Crippen molar-refractivity contribution in [2.75, 3.05) is 0 Å². The smallest absolute Gasteiger partial charge is 0.307 e. The normalized spacial score (nSPS) is 30.0. The number of amides is 1. The van der Waals surface area contributed by atoms with Gasteiger partial charge in [-0.1, -0.05) is 41.9 Å². The molecule has 0 bridgehead atoms. The first-order chi connectivity index (χ1) is 10.9. The lowest BCUT2D eigenvalue weighted by atomic mass is 9.65. The molecule has 2 fully saturated rings. The fourth-order valence-corrected chi connectivity index (χ4v) is 3.78. The number of carbonyl (C=O) groups is 2. The number of carbonyl (C=O) groups excluding carboxylic acids is 1. The van der Waals surface area contributed by atoms with Crippen LogP contribution in [0.3, 0.4) is 0 Å². The molecule has 5 heteroatoms. The van der Waals surface area contributed by atoms with E-state index in [0.717, 1.165) is 30.2 Å². The number of aliphatic carboxylic acids is 1. The number of hydrogen-bond donors (Lipinski definition) is 2. The summed E-state index contributed by atoms with van der Waals surface area (Å²) in [7, 11) is 0. The van der Waals surface area contributed by atoms with E-state index in [1.165, 1.54) is 0 Å². The zero-order valence-electron chi connectivity index (χ0n) is 13.4. The van der Waals surface area contributed by atoms with E-state index in [-0.39, 0.29) is 17.2 Å². The van der Waals surface area contributed by atoms with Gasteiger partial charge in [0.15, 0.2) is 0 Å². The largest absolute Gasteiger partial charge is 0.481 e. The van der Waals surface area contributed by atoms with Gasteiger partial charge in [0.25, 0.3) is 0 Å². The van der Waals surface area contributed by atoms with Crippen LogP contribution in [0.15, 0.2) is 35.5 Å². The van der Waals surface area contributed by atoms with Gasteiger partial charge in [0.1, 0.15) is 0 Å². The summed E-state index contributed by atoms with van der Waals surface area (Å²) < 4.78 is 0.812. The predicted molar refractivity (Wildman–Crippen MR) is 93.8 cm³/mol. The highest BCUT2D eigenvalue weighted by molar-refractivity contribution is 9.11. The van der Waals surface area contributed by atoms with Crippen molar-refractivity contribution in [3.05, 3.63) is 35.5 Å². The third-order valence-electron chi connectivity index (χ3n) is 5.22. The molecule has 3 atom stereocenters. The van der Waals surface area contributed by atoms with E-state index in [9.17, 15) is 14.7 Å². The quantitative estimate of drug-likeness (QED) is 0.683.